The van der Waals surface area contributed by atoms with Crippen LogP contribution in [-0.4, -0.2) is 20.5 Å². The van der Waals surface area contributed by atoms with Crippen LogP contribution in [0.15, 0.2) is 54.6 Å². The lowest BCUT2D eigenvalue weighted by molar-refractivity contribution is -0.384. The highest BCUT2D eigenvalue weighted by molar-refractivity contribution is 6.31. The fourth-order valence-electron chi connectivity index (χ4n) is 2.65. The second-order valence-corrected chi connectivity index (χ2v) is 6.44. The summed E-state index contributed by atoms with van der Waals surface area (Å²) in [7, 11) is 0. The number of carbonyl (C=O) groups is 1. The van der Waals surface area contributed by atoms with Gasteiger partial charge in [-0.2, -0.15) is 5.10 Å². The predicted molar refractivity (Wildman–Crippen MR) is 104 cm³/mol. The molecular formula is C20H15ClFN3O3. The summed E-state index contributed by atoms with van der Waals surface area (Å²) in [5.41, 5.74) is 2.07. The molecule has 0 aliphatic rings. The van der Waals surface area contributed by atoms with Gasteiger partial charge < -0.3 is 0 Å². The molecule has 0 radical (unpaired) electrons. The number of halogens is 2. The lowest BCUT2D eigenvalue weighted by Gasteiger charge is -2.03. The second-order valence-electron chi connectivity index (χ2n) is 6.08. The van der Waals surface area contributed by atoms with Gasteiger partial charge in [0.1, 0.15) is 11.0 Å². The van der Waals surface area contributed by atoms with Crippen LogP contribution in [0, 0.1) is 22.9 Å². The summed E-state index contributed by atoms with van der Waals surface area (Å²) in [6.07, 6.45) is 2.84. The van der Waals surface area contributed by atoms with E-state index in [9.17, 15) is 19.3 Å². The van der Waals surface area contributed by atoms with Crippen LogP contribution in [0.25, 0.3) is 6.08 Å². The fraction of sp³-hybridized carbons (Fsp3) is 0.100. The van der Waals surface area contributed by atoms with Gasteiger partial charge in [0.15, 0.2) is 5.78 Å². The first kappa shape index (κ1) is 19.4. The van der Waals surface area contributed by atoms with E-state index in [-0.39, 0.29) is 22.9 Å². The molecule has 3 aromatic rings. The van der Waals surface area contributed by atoms with Crippen LogP contribution in [0.1, 0.15) is 27.2 Å². The van der Waals surface area contributed by atoms with Crippen molar-refractivity contribution in [2.75, 3.05) is 0 Å². The van der Waals surface area contributed by atoms with Crippen LogP contribution in [0.5, 0.6) is 0 Å². The number of aromatic nitrogens is 2. The van der Waals surface area contributed by atoms with Crippen molar-refractivity contribution in [3.8, 4) is 0 Å². The third-order valence-corrected chi connectivity index (χ3v) is 4.50. The average Bonchev–Trinajstić information content (AvgIpc) is 2.94. The number of hydrogen-bond acceptors (Lipinski definition) is 4. The highest BCUT2D eigenvalue weighted by Crippen LogP contribution is 2.23. The Morgan fingerprint density at radius 2 is 2.00 bits per heavy atom. The fourth-order valence-corrected chi connectivity index (χ4v) is 2.95. The van der Waals surface area contributed by atoms with Crippen molar-refractivity contribution in [1.29, 1.82) is 0 Å². The summed E-state index contributed by atoms with van der Waals surface area (Å²) >= 11 is 6.38. The molecule has 142 valence electrons. The number of nitro benzene ring substituents is 1. The van der Waals surface area contributed by atoms with Gasteiger partial charge >= 0.3 is 0 Å². The molecule has 0 saturated carbocycles. The third-order valence-electron chi connectivity index (χ3n) is 4.10. The molecular weight excluding hydrogens is 385 g/mol. The summed E-state index contributed by atoms with van der Waals surface area (Å²) in [6, 6.07) is 11.5. The molecule has 0 atom stereocenters. The minimum atomic E-state index is -0.555. The number of nitrogens with zero attached hydrogens (tertiary/aromatic N) is 3. The van der Waals surface area contributed by atoms with Crippen molar-refractivity contribution in [1.82, 2.24) is 9.78 Å². The van der Waals surface area contributed by atoms with Crippen LogP contribution in [0.4, 0.5) is 10.1 Å². The van der Waals surface area contributed by atoms with E-state index in [4.69, 9.17) is 11.6 Å². The average molecular weight is 400 g/mol. The number of rotatable bonds is 6. The zero-order valence-electron chi connectivity index (χ0n) is 14.8. The van der Waals surface area contributed by atoms with Gasteiger partial charge in [0.25, 0.3) is 5.69 Å². The molecule has 0 N–H and O–H groups in total. The molecule has 0 spiro atoms. The summed E-state index contributed by atoms with van der Waals surface area (Å²) in [5, 5.41) is 15.5. The van der Waals surface area contributed by atoms with Gasteiger partial charge in [-0.1, -0.05) is 35.9 Å². The first-order valence-electron chi connectivity index (χ1n) is 8.29. The Labute approximate surface area is 165 Å². The highest BCUT2D eigenvalue weighted by atomic mass is 35.5. The largest absolute Gasteiger partial charge is 0.289 e. The normalized spacial score (nSPS) is 11.1. The minimum absolute atomic E-state index is 0.152. The van der Waals surface area contributed by atoms with E-state index in [1.54, 1.807) is 23.7 Å². The van der Waals surface area contributed by atoms with E-state index in [1.165, 1.54) is 48.6 Å². The van der Waals surface area contributed by atoms with Crippen molar-refractivity contribution >= 4 is 29.1 Å². The molecule has 28 heavy (non-hydrogen) atoms. The van der Waals surface area contributed by atoms with Gasteiger partial charge in [0.2, 0.25) is 0 Å². The summed E-state index contributed by atoms with van der Waals surface area (Å²) in [5.74, 6) is -0.708. The van der Waals surface area contributed by atoms with Gasteiger partial charge in [-0.3, -0.25) is 14.9 Å². The number of benzene rings is 2. The molecule has 0 aliphatic heterocycles. The van der Waals surface area contributed by atoms with Gasteiger partial charge in [0.05, 0.1) is 17.2 Å². The zero-order valence-corrected chi connectivity index (χ0v) is 15.6. The maximum absolute atomic E-state index is 13.0. The number of ketones is 1. The predicted octanol–water partition coefficient (Wildman–Crippen LogP) is 4.84. The maximum Gasteiger partial charge on any atom is 0.270 e. The van der Waals surface area contributed by atoms with E-state index in [0.29, 0.717) is 23.0 Å². The SMILES string of the molecule is Cc1nn(Cc2ccc(F)cc2)c(Cl)c1/C=C/C(=O)c1cccc([N+](=O)[O-])c1. The number of nitro groups is 1. The Balaban J connectivity index is 1.81. The van der Waals surface area contributed by atoms with Gasteiger partial charge in [0, 0.05) is 23.3 Å². The van der Waals surface area contributed by atoms with Crippen molar-refractivity contribution in [2.24, 2.45) is 0 Å². The Morgan fingerprint density at radius 3 is 2.68 bits per heavy atom. The first-order chi connectivity index (χ1) is 13.3. The van der Waals surface area contributed by atoms with Crippen LogP contribution in [0.2, 0.25) is 5.15 Å². The maximum atomic E-state index is 13.0. The molecule has 8 heteroatoms. The Hall–Kier alpha value is -3.32. The Morgan fingerprint density at radius 1 is 1.29 bits per heavy atom. The van der Waals surface area contributed by atoms with E-state index in [0.717, 1.165) is 5.56 Å². The Bertz CT molecular complexity index is 1070. The molecule has 6 nitrogen and oxygen atoms in total. The van der Waals surface area contributed by atoms with E-state index < -0.39 is 4.92 Å². The van der Waals surface area contributed by atoms with Crippen LogP contribution >= 0.6 is 11.6 Å². The minimum Gasteiger partial charge on any atom is -0.289 e. The second kappa shape index (κ2) is 8.14. The molecule has 0 fully saturated rings. The first-order valence-corrected chi connectivity index (χ1v) is 8.67. The monoisotopic (exact) mass is 399 g/mol. The van der Waals surface area contributed by atoms with Crippen LogP contribution in [-0.2, 0) is 6.54 Å². The van der Waals surface area contributed by atoms with Crippen molar-refractivity contribution < 1.29 is 14.1 Å². The molecule has 1 aromatic heterocycles. The highest BCUT2D eigenvalue weighted by Gasteiger charge is 2.13. The van der Waals surface area contributed by atoms with E-state index >= 15 is 0 Å². The number of allylic oxidation sites excluding steroid dienone is 1. The summed E-state index contributed by atoms with van der Waals surface area (Å²) in [6.45, 7) is 2.11. The number of hydrogen-bond donors (Lipinski definition) is 0. The zero-order chi connectivity index (χ0) is 20.3. The Kier molecular flexibility index (Phi) is 5.65. The number of aryl methyl sites for hydroxylation is 1. The van der Waals surface area contributed by atoms with Gasteiger partial charge in [-0.15, -0.1) is 0 Å². The van der Waals surface area contributed by atoms with Gasteiger partial charge in [-0.05, 0) is 36.8 Å². The lowest BCUT2D eigenvalue weighted by Crippen LogP contribution is -2.02. The van der Waals surface area contributed by atoms with E-state index in [2.05, 4.69) is 5.10 Å². The molecule has 0 saturated heterocycles. The number of non-ortho nitro benzene ring substituents is 1. The van der Waals surface area contributed by atoms with Crippen LogP contribution in [0.3, 0.4) is 0 Å². The topological polar surface area (TPSA) is 78.0 Å². The number of carbonyl (C=O) groups excluding carboxylic acids is 1. The smallest absolute Gasteiger partial charge is 0.270 e. The molecule has 0 unspecified atom stereocenters. The molecule has 0 bridgehead atoms. The van der Waals surface area contributed by atoms with Crippen molar-refractivity contribution in [3.05, 3.63) is 98.1 Å². The van der Waals surface area contributed by atoms with Crippen molar-refractivity contribution in [2.45, 2.75) is 13.5 Å². The summed E-state index contributed by atoms with van der Waals surface area (Å²) < 4.78 is 14.6. The molecule has 1 heterocycles. The van der Waals surface area contributed by atoms with E-state index in [1.807, 2.05) is 0 Å². The molecule has 3 rings (SSSR count). The lowest BCUT2D eigenvalue weighted by atomic mass is 10.1. The van der Waals surface area contributed by atoms with Crippen LogP contribution < -0.4 is 0 Å². The molecule has 2 aromatic carbocycles. The quantitative estimate of drug-likeness (QED) is 0.257. The third kappa shape index (κ3) is 4.32. The standard InChI is InChI=1S/C20H15ClFN3O3/c1-13-18(9-10-19(26)15-3-2-4-17(11-15)25(27)28)20(21)24(23-13)12-14-5-7-16(22)8-6-14/h2-11H,12H2,1H3/b10-9+. The van der Waals surface area contributed by atoms with Gasteiger partial charge in [-0.25, -0.2) is 9.07 Å². The summed E-state index contributed by atoms with van der Waals surface area (Å²) in [4.78, 5) is 22.6. The molecule has 0 aliphatic carbocycles. The van der Waals surface area contributed by atoms with Crippen molar-refractivity contribution in [3.63, 3.8) is 0 Å². The molecule has 0 amide bonds.